The third kappa shape index (κ3) is 6.12. The number of amides is 3. The van der Waals surface area contributed by atoms with Gasteiger partial charge in [-0.15, -0.1) is 0 Å². The Balaban J connectivity index is 1.40. The number of nitrogens with zero attached hydrogens (tertiary/aromatic N) is 1. The summed E-state index contributed by atoms with van der Waals surface area (Å²) in [5.74, 6) is -0.799. The Hall–Kier alpha value is -2.98. The molecule has 184 valence electrons. The Labute approximate surface area is 201 Å². The van der Waals surface area contributed by atoms with E-state index < -0.39 is 14.4 Å². The van der Waals surface area contributed by atoms with Crippen molar-refractivity contribution in [3.05, 3.63) is 42.1 Å². The van der Waals surface area contributed by atoms with Crippen LogP contribution in [0.4, 0.5) is 0 Å². The zero-order valence-corrected chi connectivity index (χ0v) is 21.6. The SMILES string of the molecule is C[C@@H](O[Si](C)(C)C(C)(C)C)C(=O)NNC(=O)[C@H]1C[C@H](NC(=O)c2cc(-c3ccccc3)on2)C1. The number of carbonyl (C=O) groups is 3. The molecular formula is C24H34N4O5Si. The van der Waals surface area contributed by atoms with Crippen LogP contribution in [0.15, 0.2) is 40.9 Å². The van der Waals surface area contributed by atoms with E-state index in [0.717, 1.165) is 5.56 Å². The molecule has 0 saturated heterocycles. The summed E-state index contributed by atoms with van der Waals surface area (Å²) < 4.78 is 11.3. The maximum absolute atomic E-state index is 12.4. The van der Waals surface area contributed by atoms with Gasteiger partial charge in [-0.3, -0.25) is 25.2 Å². The largest absolute Gasteiger partial charge is 0.405 e. The van der Waals surface area contributed by atoms with Crippen LogP contribution in [0.2, 0.25) is 18.1 Å². The molecule has 34 heavy (non-hydrogen) atoms. The Bertz CT molecular complexity index is 1030. The van der Waals surface area contributed by atoms with Crippen molar-refractivity contribution in [3.63, 3.8) is 0 Å². The first-order valence-corrected chi connectivity index (χ1v) is 14.4. The molecule has 1 aliphatic rings. The average molecular weight is 487 g/mol. The Morgan fingerprint density at radius 2 is 1.76 bits per heavy atom. The maximum atomic E-state index is 12.4. The van der Waals surface area contributed by atoms with E-state index in [1.54, 1.807) is 13.0 Å². The van der Waals surface area contributed by atoms with Crippen LogP contribution >= 0.6 is 0 Å². The molecule has 0 unspecified atom stereocenters. The van der Waals surface area contributed by atoms with E-state index in [1.807, 2.05) is 30.3 Å². The lowest BCUT2D eigenvalue weighted by Gasteiger charge is -2.38. The van der Waals surface area contributed by atoms with E-state index in [0.29, 0.717) is 18.6 Å². The highest BCUT2D eigenvalue weighted by Gasteiger charge is 2.40. The molecule has 1 heterocycles. The second kappa shape index (κ2) is 10.1. The number of nitrogens with one attached hydrogen (secondary N) is 3. The predicted octanol–water partition coefficient (Wildman–Crippen LogP) is 3.41. The smallest absolute Gasteiger partial charge is 0.273 e. The van der Waals surface area contributed by atoms with Crippen LogP contribution in [0.5, 0.6) is 0 Å². The number of aromatic nitrogens is 1. The molecule has 0 bridgehead atoms. The molecule has 3 rings (SSSR count). The molecule has 1 aliphatic carbocycles. The summed E-state index contributed by atoms with van der Waals surface area (Å²) in [6.45, 7) is 12.1. The highest BCUT2D eigenvalue weighted by molar-refractivity contribution is 6.74. The van der Waals surface area contributed by atoms with Gasteiger partial charge in [-0.2, -0.15) is 0 Å². The van der Waals surface area contributed by atoms with Crippen LogP contribution < -0.4 is 16.2 Å². The van der Waals surface area contributed by atoms with Gasteiger partial charge in [0.05, 0.1) is 0 Å². The standard InChI is InChI=1S/C24H34N4O5Si/c1-15(33-34(5,6)24(2,3)4)21(29)26-27-22(30)17-12-18(13-17)25-23(31)19-14-20(32-28-19)16-10-8-7-9-11-16/h7-11,14-15,17-18H,12-13H2,1-6H3,(H,25,31)(H,26,29)(H,27,30)/t15-,17-,18-/m1/s1. The molecule has 2 aromatic rings. The van der Waals surface area contributed by atoms with Crippen LogP contribution in [-0.4, -0.2) is 43.3 Å². The van der Waals surface area contributed by atoms with E-state index in [1.165, 1.54) is 0 Å². The fourth-order valence-electron chi connectivity index (χ4n) is 3.33. The molecule has 3 amide bonds. The summed E-state index contributed by atoms with van der Waals surface area (Å²) in [5.41, 5.74) is 5.95. The van der Waals surface area contributed by atoms with Crippen molar-refractivity contribution in [2.24, 2.45) is 5.92 Å². The van der Waals surface area contributed by atoms with Crippen LogP contribution in [-0.2, 0) is 14.0 Å². The van der Waals surface area contributed by atoms with Crippen molar-refractivity contribution in [3.8, 4) is 11.3 Å². The zero-order chi connectivity index (χ0) is 25.1. The zero-order valence-electron chi connectivity index (χ0n) is 20.6. The molecule has 0 aliphatic heterocycles. The first-order valence-electron chi connectivity index (χ1n) is 11.5. The lowest BCUT2D eigenvalue weighted by molar-refractivity contribution is -0.136. The number of rotatable bonds is 7. The quantitative estimate of drug-likeness (QED) is 0.407. The first-order chi connectivity index (χ1) is 15.9. The van der Waals surface area contributed by atoms with Crippen molar-refractivity contribution >= 4 is 26.0 Å². The molecule has 9 nitrogen and oxygen atoms in total. The van der Waals surface area contributed by atoms with E-state index in [9.17, 15) is 14.4 Å². The van der Waals surface area contributed by atoms with Gasteiger partial charge in [-0.05, 0) is 37.9 Å². The minimum atomic E-state index is -2.10. The van der Waals surface area contributed by atoms with Gasteiger partial charge >= 0.3 is 0 Å². The van der Waals surface area contributed by atoms with Gasteiger partial charge < -0.3 is 14.3 Å². The van der Waals surface area contributed by atoms with Gasteiger partial charge in [0.15, 0.2) is 19.8 Å². The van der Waals surface area contributed by atoms with Gasteiger partial charge in [-0.1, -0.05) is 56.3 Å². The maximum Gasteiger partial charge on any atom is 0.273 e. The van der Waals surface area contributed by atoms with Crippen molar-refractivity contribution in [1.29, 1.82) is 0 Å². The normalized spacial score (nSPS) is 19.0. The third-order valence-electron chi connectivity index (χ3n) is 6.60. The fourth-order valence-corrected chi connectivity index (χ4v) is 4.67. The molecule has 1 aromatic heterocycles. The van der Waals surface area contributed by atoms with Crippen molar-refractivity contribution in [2.45, 2.75) is 70.8 Å². The predicted molar refractivity (Wildman–Crippen MR) is 130 cm³/mol. The van der Waals surface area contributed by atoms with Crippen LogP contribution in [0, 0.1) is 5.92 Å². The summed E-state index contributed by atoms with van der Waals surface area (Å²) in [5, 5.41) is 6.68. The molecule has 1 aromatic carbocycles. The first kappa shape index (κ1) is 25.6. The molecule has 3 N–H and O–H groups in total. The lowest BCUT2D eigenvalue weighted by Crippen LogP contribution is -2.55. The lowest BCUT2D eigenvalue weighted by atomic mass is 9.79. The molecular weight excluding hydrogens is 452 g/mol. The minimum absolute atomic E-state index is 0.0226. The average Bonchev–Trinajstić information content (AvgIpc) is 3.24. The number of hydrogen-bond acceptors (Lipinski definition) is 6. The van der Waals surface area contributed by atoms with Crippen molar-refractivity contribution in [1.82, 2.24) is 21.3 Å². The molecule has 1 atom stereocenters. The minimum Gasteiger partial charge on any atom is -0.405 e. The van der Waals surface area contributed by atoms with Crippen molar-refractivity contribution in [2.75, 3.05) is 0 Å². The van der Waals surface area contributed by atoms with E-state index in [4.69, 9.17) is 8.95 Å². The number of benzene rings is 1. The van der Waals surface area contributed by atoms with E-state index in [2.05, 4.69) is 55.2 Å². The molecule has 1 saturated carbocycles. The Kier molecular flexibility index (Phi) is 7.62. The summed E-state index contributed by atoms with van der Waals surface area (Å²) in [4.78, 5) is 37.2. The third-order valence-corrected chi connectivity index (χ3v) is 11.2. The number of hydrogen-bond donors (Lipinski definition) is 3. The van der Waals surface area contributed by atoms with E-state index in [-0.39, 0.29) is 40.4 Å². The number of hydrazine groups is 1. The monoisotopic (exact) mass is 486 g/mol. The van der Waals surface area contributed by atoms with Crippen LogP contribution in [0.25, 0.3) is 11.3 Å². The van der Waals surface area contributed by atoms with Crippen LogP contribution in [0.3, 0.4) is 0 Å². The van der Waals surface area contributed by atoms with Gasteiger partial charge in [0.1, 0.15) is 6.10 Å². The fraction of sp³-hybridized carbons (Fsp3) is 0.500. The van der Waals surface area contributed by atoms with E-state index >= 15 is 0 Å². The second-order valence-electron chi connectivity index (χ2n) is 10.3. The van der Waals surface area contributed by atoms with Crippen LogP contribution in [0.1, 0.15) is 51.0 Å². The molecule has 0 spiro atoms. The van der Waals surface area contributed by atoms with Gasteiger partial charge in [-0.25, -0.2) is 0 Å². The molecule has 1 fully saturated rings. The van der Waals surface area contributed by atoms with Gasteiger partial charge in [0.2, 0.25) is 5.91 Å². The highest BCUT2D eigenvalue weighted by Crippen LogP contribution is 2.37. The summed E-state index contributed by atoms with van der Waals surface area (Å²) in [6.07, 6.45) is 0.289. The second-order valence-corrected chi connectivity index (χ2v) is 15.0. The summed E-state index contributed by atoms with van der Waals surface area (Å²) in [7, 11) is -2.10. The van der Waals surface area contributed by atoms with Gasteiger partial charge in [0.25, 0.3) is 11.8 Å². The molecule has 0 radical (unpaired) electrons. The Morgan fingerprint density at radius 1 is 1.12 bits per heavy atom. The van der Waals surface area contributed by atoms with Crippen molar-refractivity contribution < 1.29 is 23.3 Å². The summed E-state index contributed by atoms with van der Waals surface area (Å²) in [6, 6.07) is 10.8. The summed E-state index contributed by atoms with van der Waals surface area (Å²) >= 11 is 0. The number of carbonyl (C=O) groups excluding carboxylic acids is 3. The Morgan fingerprint density at radius 3 is 2.38 bits per heavy atom. The molecule has 10 heteroatoms. The van der Waals surface area contributed by atoms with Gasteiger partial charge in [0, 0.05) is 23.6 Å². The highest BCUT2D eigenvalue weighted by atomic mass is 28.4. The topological polar surface area (TPSA) is 123 Å².